The zero-order chi connectivity index (χ0) is 12.3. The first kappa shape index (κ1) is 12.0. The highest BCUT2D eigenvalue weighted by Gasteiger charge is 2.08. The molecule has 0 saturated heterocycles. The molecule has 0 aliphatic heterocycles. The van der Waals surface area contributed by atoms with Crippen molar-refractivity contribution in [3.8, 4) is 0 Å². The second kappa shape index (κ2) is 5.25. The van der Waals surface area contributed by atoms with Gasteiger partial charge in [-0.15, -0.1) is 5.10 Å². The zero-order valence-corrected chi connectivity index (χ0v) is 10.9. The minimum absolute atomic E-state index is 0.261. The number of anilines is 1. The second-order valence-electron chi connectivity index (χ2n) is 3.19. The van der Waals surface area contributed by atoms with E-state index in [1.165, 1.54) is 6.20 Å². The summed E-state index contributed by atoms with van der Waals surface area (Å²) in [5.41, 5.74) is 0.493. The molecular formula is C11H7BrClN3O. The maximum atomic E-state index is 11.8. The molecule has 2 aromatic rings. The van der Waals surface area contributed by atoms with Gasteiger partial charge in [-0.05, 0) is 46.3 Å². The monoisotopic (exact) mass is 311 g/mol. The molecule has 0 spiro atoms. The molecule has 0 radical (unpaired) electrons. The van der Waals surface area contributed by atoms with Gasteiger partial charge in [0.15, 0.2) is 5.82 Å². The molecule has 6 heteroatoms. The van der Waals surface area contributed by atoms with E-state index in [9.17, 15) is 4.79 Å². The number of hydrogen-bond donors (Lipinski definition) is 1. The van der Waals surface area contributed by atoms with Crippen LogP contribution in [0.4, 0.5) is 5.82 Å². The molecule has 4 nitrogen and oxygen atoms in total. The predicted molar refractivity (Wildman–Crippen MR) is 69.1 cm³/mol. The van der Waals surface area contributed by atoms with Crippen molar-refractivity contribution in [3.63, 3.8) is 0 Å². The average molecular weight is 313 g/mol. The van der Waals surface area contributed by atoms with Crippen LogP contribution in [-0.2, 0) is 0 Å². The maximum absolute atomic E-state index is 11.8. The Morgan fingerprint density at radius 3 is 2.82 bits per heavy atom. The Hall–Kier alpha value is -1.46. The van der Waals surface area contributed by atoms with E-state index in [0.717, 1.165) is 0 Å². The van der Waals surface area contributed by atoms with Gasteiger partial charge >= 0.3 is 0 Å². The molecule has 1 heterocycles. The van der Waals surface area contributed by atoms with Gasteiger partial charge in [0.1, 0.15) is 0 Å². The number of amides is 1. The minimum Gasteiger partial charge on any atom is -0.305 e. The fourth-order valence-electron chi connectivity index (χ4n) is 1.19. The van der Waals surface area contributed by atoms with Gasteiger partial charge in [-0.3, -0.25) is 4.79 Å². The van der Waals surface area contributed by atoms with Crippen LogP contribution in [0.25, 0.3) is 0 Å². The Bertz CT molecular complexity index is 548. The molecule has 0 atom stereocenters. The third-order valence-corrected chi connectivity index (χ3v) is 3.21. The molecule has 0 aliphatic carbocycles. The number of rotatable bonds is 2. The van der Waals surface area contributed by atoms with Gasteiger partial charge in [-0.2, -0.15) is 5.10 Å². The summed E-state index contributed by atoms with van der Waals surface area (Å²) in [6, 6.07) is 8.29. The van der Waals surface area contributed by atoms with Crippen LogP contribution in [0.1, 0.15) is 10.4 Å². The first-order valence-electron chi connectivity index (χ1n) is 4.71. The van der Waals surface area contributed by atoms with Crippen LogP contribution in [0, 0.1) is 0 Å². The van der Waals surface area contributed by atoms with Crippen LogP contribution in [0.3, 0.4) is 0 Å². The van der Waals surface area contributed by atoms with Crippen molar-refractivity contribution in [1.82, 2.24) is 10.2 Å². The zero-order valence-electron chi connectivity index (χ0n) is 8.52. The molecule has 1 aromatic heterocycles. The summed E-state index contributed by atoms with van der Waals surface area (Å²) in [7, 11) is 0. The van der Waals surface area contributed by atoms with Crippen molar-refractivity contribution >= 4 is 39.3 Å². The molecule has 86 valence electrons. The molecule has 0 unspecified atom stereocenters. The molecule has 1 aromatic carbocycles. The number of carbonyl (C=O) groups is 1. The summed E-state index contributed by atoms with van der Waals surface area (Å²) < 4.78 is 0.672. The standard InChI is InChI=1S/C11H7BrClN3O/c12-8-6-7(3-4-9(8)13)11(17)15-10-2-1-5-14-16-10/h1-6H,(H,15,16,17). The quantitative estimate of drug-likeness (QED) is 0.927. The third-order valence-electron chi connectivity index (χ3n) is 2.00. The molecule has 2 rings (SSSR count). The lowest BCUT2D eigenvalue weighted by Gasteiger charge is -2.04. The highest BCUT2D eigenvalue weighted by molar-refractivity contribution is 9.10. The first-order chi connectivity index (χ1) is 8.16. The van der Waals surface area contributed by atoms with Crippen molar-refractivity contribution in [1.29, 1.82) is 0 Å². The van der Waals surface area contributed by atoms with Gasteiger partial charge in [0.2, 0.25) is 0 Å². The first-order valence-corrected chi connectivity index (χ1v) is 5.88. The van der Waals surface area contributed by atoms with Gasteiger partial charge in [0.25, 0.3) is 5.91 Å². The summed E-state index contributed by atoms with van der Waals surface area (Å²) >= 11 is 9.10. The van der Waals surface area contributed by atoms with Gasteiger partial charge in [-0.25, -0.2) is 0 Å². The molecule has 1 amide bonds. The van der Waals surface area contributed by atoms with E-state index in [0.29, 0.717) is 20.9 Å². The Kier molecular flexibility index (Phi) is 3.71. The number of hydrogen-bond acceptors (Lipinski definition) is 3. The lowest BCUT2D eigenvalue weighted by Crippen LogP contribution is -2.13. The molecular weight excluding hydrogens is 305 g/mol. The van der Waals surface area contributed by atoms with Gasteiger partial charge in [0, 0.05) is 16.2 Å². The van der Waals surface area contributed by atoms with E-state index in [1.54, 1.807) is 30.3 Å². The molecule has 0 saturated carbocycles. The number of aromatic nitrogens is 2. The van der Waals surface area contributed by atoms with Crippen LogP contribution in [0.15, 0.2) is 41.0 Å². The number of nitrogens with zero attached hydrogens (tertiary/aromatic N) is 2. The van der Waals surface area contributed by atoms with E-state index < -0.39 is 0 Å². The lowest BCUT2D eigenvalue weighted by molar-refractivity contribution is 0.102. The molecule has 17 heavy (non-hydrogen) atoms. The number of halogens is 2. The summed E-state index contributed by atoms with van der Waals surface area (Å²) in [6.45, 7) is 0. The fourth-order valence-corrected chi connectivity index (χ4v) is 1.69. The number of carbonyl (C=O) groups excluding carboxylic acids is 1. The van der Waals surface area contributed by atoms with Crippen molar-refractivity contribution in [2.45, 2.75) is 0 Å². The largest absolute Gasteiger partial charge is 0.305 e. The molecule has 0 fully saturated rings. The summed E-state index contributed by atoms with van der Waals surface area (Å²) in [5, 5.41) is 10.6. The van der Waals surface area contributed by atoms with Crippen LogP contribution < -0.4 is 5.32 Å². The summed E-state index contributed by atoms with van der Waals surface area (Å²) in [6.07, 6.45) is 1.54. The van der Waals surface area contributed by atoms with Crippen molar-refractivity contribution < 1.29 is 4.79 Å². The van der Waals surface area contributed by atoms with E-state index in [1.807, 2.05) is 0 Å². The average Bonchev–Trinajstić information content (AvgIpc) is 2.34. The van der Waals surface area contributed by atoms with E-state index >= 15 is 0 Å². The Morgan fingerprint density at radius 2 is 2.18 bits per heavy atom. The minimum atomic E-state index is -0.261. The van der Waals surface area contributed by atoms with Crippen molar-refractivity contribution in [3.05, 3.63) is 51.6 Å². The van der Waals surface area contributed by atoms with Gasteiger partial charge in [0.05, 0.1) is 5.02 Å². The van der Waals surface area contributed by atoms with Crippen LogP contribution in [0.5, 0.6) is 0 Å². The molecule has 0 aliphatic rings. The summed E-state index contributed by atoms with van der Waals surface area (Å²) in [4.78, 5) is 11.8. The Balaban J connectivity index is 2.18. The molecule has 1 N–H and O–H groups in total. The second-order valence-corrected chi connectivity index (χ2v) is 4.45. The topological polar surface area (TPSA) is 54.9 Å². The molecule has 0 bridgehead atoms. The van der Waals surface area contributed by atoms with E-state index in [4.69, 9.17) is 11.6 Å². The maximum Gasteiger partial charge on any atom is 0.256 e. The van der Waals surface area contributed by atoms with E-state index in [2.05, 4.69) is 31.4 Å². The lowest BCUT2D eigenvalue weighted by atomic mass is 10.2. The normalized spacial score (nSPS) is 10.0. The van der Waals surface area contributed by atoms with Crippen LogP contribution in [-0.4, -0.2) is 16.1 Å². The smallest absolute Gasteiger partial charge is 0.256 e. The van der Waals surface area contributed by atoms with E-state index in [-0.39, 0.29) is 5.91 Å². The Morgan fingerprint density at radius 1 is 1.35 bits per heavy atom. The van der Waals surface area contributed by atoms with Gasteiger partial charge < -0.3 is 5.32 Å². The number of nitrogens with one attached hydrogen (secondary N) is 1. The predicted octanol–water partition coefficient (Wildman–Crippen LogP) is 3.14. The SMILES string of the molecule is O=C(Nc1cccnn1)c1ccc(Cl)c(Br)c1. The third kappa shape index (κ3) is 3.01. The fraction of sp³-hybridized carbons (Fsp3) is 0. The highest BCUT2D eigenvalue weighted by Crippen LogP contribution is 2.23. The highest BCUT2D eigenvalue weighted by atomic mass is 79.9. The number of benzene rings is 1. The van der Waals surface area contributed by atoms with Crippen LogP contribution in [0.2, 0.25) is 5.02 Å². The van der Waals surface area contributed by atoms with Crippen molar-refractivity contribution in [2.24, 2.45) is 0 Å². The summed E-state index contributed by atoms with van der Waals surface area (Å²) in [5.74, 6) is 0.145. The van der Waals surface area contributed by atoms with Crippen molar-refractivity contribution in [2.75, 3.05) is 5.32 Å². The Labute approximate surface area is 111 Å². The van der Waals surface area contributed by atoms with Gasteiger partial charge in [-0.1, -0.05) is 11.6 Å². The van der Waals surface area contributed by atoms with Crippen LogP contribution >= 0.6 is 27.5 Å².